The van der Waals surface area contributed by atoms with Gasteiger partial charge in [-0.1, -0.05) is 60.7 Å². The molecular formula is C24H23N3O. The van der Waals surface area contributed by atoms with Crippen LogP contribution in [0.2, 0.25) is 0 Å². The maximum atomic E-state index is 9.47. The minimum atomic E-state index is 0.370. The van der Waals surface area contributed by atoms with Crippen LogP contribution in [0.25, 0.3) is 12.2 Å². The Morgan fingerprint density at radius 2 is 1.68 bits per heavy atom. The fourth-order valence-electron chi connectivity index (χ4n) is 3.71. The topological polar surface area (TPSA) is 53.1 Å². The van der Waals surface area contributed by atoms with E-state index in [1.807, 2.05) is 42.5 Å². The molecule has 1 saturated heterocycles. The summed E-state index contributed by atoms with van der Waals surface area (Å²) in [5.41, 5.74) is 2.84. The van der Waals surface area contributed by atoms with E-state index in [4.69, 9.17) is 4.42 Å². The number of hydrogen-bond donors (Lipinski definition) is 0. The normalized spacial score (nSPS) is 15.0. The van der Waals surface area contributed by atoms with Gasteiger partial charge in [0.25, 0.3) is 0 Å². The summed E-state index contributed by atoms with van der Waals surface area (Å²) in [5.74, 6) is 1.75. The predicted octanol–water partition coefficient (Wildman–Crippen LogP) is 5.18. The first kappa shape index (κ1) is 18.1. The van der Waals surface area contributed by atoms with E-state index in [9.17, 15) is 5.26 Å². The molecule has 0 N–H and O–H groups in total. The van der Waals surface area contributed by atoms with Gasteiger partial charge in [-0.05, 0) is 42.4 Å². The zero-order chi connectivity index (χ0) is 19.2. The molecule has 0 unspecified atom stereocenters. The molecule has 2 aromatic carbocycles. The van der Waals surface area contributed by atoms with Crippen molar-refractivity contribution < 1.29 is 4.42 Å². The van der Waals surface area contributed by atoms with Crippen LogP contribution in [-0.4, -0.2) is 18.1 Å². The van der Waals surface area contributed by atoms with Gasteiger partial charge in [-0.15, -0.1) is 0 Å². The Morgan fingerprint density at radius 3 is 2.36 bits per heavy atom. The standard InChI is InChI=1S/C24H23N3O/c25-18-22-24(28-23(26-22)12-11-19-7-3-1-4-8-19)27-15-13-21(14-16-27)17-20-9-5-2-6-10-20/h1-12,21H,13-17H2/b12-11+. The molecule has 1 aliphatic heterocycles. The SMILES string of the molecule is N#Cc1nc(/C=C/c2ccccc2)oc1N1CCC(Cc2ccccc2)CC1. The van der Waals surface area contributed by atoms with Gasteiger partial charge < -0.3 is 9.32 Å². The third-order valence-corrected chi connectivity index (χ3v) is 5.22. The molecule has 140 valence electrons. The van der Waals surface area contributed by atoms with Crippen LogP contribution in [0.15, 0.2) is 65.1 Å². The highest BCUT2D eigenvalue weighted by molar-refractivity contribution is 5.67. The quantitative estimate of drug-likeness (QED) is 0.622. The second-order valence-electron chi connectivity index (χ2n) is 7.18. The highest BCUT2D eigenvalue weighted by atomic mass is 16.4. The monoisotopic (exact) mass is 369 g/mol. The van der Waals surface area contributed by atoms with Crippen LogP contribution in [0.1, 0.15) is 35.6 Å². The minimum Gasteiger partial charge on any atom is -0.420 e. The first-order valence-corrected chi connectivity index (χ1v) is 9.75. The second kappa shape index (κ2) is 8.58. The van der Waals surface area contributed by atoms with E-state index in [-0.39, 0.29) is 0 Å². The third kappa shape index (κ3) is 4.32. The Bertz CT molecular complexity index is 962. The van der Waals surface area contributed by atoms with E-state index in [1.54, 1.807) is 0 Å². The van der Waals surface area contributed by atoms with Crippen LogP contribution in [-0.2, 0) is 6.42 Å². The molecule has 0 radical (unpaired) electrons. The zero-order valence-corrected chi connectivity index (χ0v) is 15.8. The number of hydrogen-bond acceptors (Lipinski definition) is 4. The molecule has 4 rings (SSSR count). The van der Waals surface area contributed by atoms with Crippen molar-refractivity contribution in [2.24, 2.45) is 5.92 Å². The fourth-order valence-corrected chi connectivity index (χ4v) is 3.71. The number of benzene rings is 2. The van der Waals surface area contributed by atoms with Crippen LogP contribution in [0.3, 0.4) is 0 Å². The molecule has 0 spiro atoms. The number of nitrogens with zero attached hydrogens (tertiary/aromatic N) is 3. The Kier molecular flexibility index (Phi) is 5.53. The van der Waals surface area contributed by atoms with Gasteiger partial charge in [-0.3, -0.25) is 0 Å². The van der Waals surface area contributed by atoms with Gasteiger partial charge in [0.05, 0.1) is 0 Å². The summed E-state index contributed by atoms with van der Waals surface area (Å²) in [4.78, 5) is 6.51. The van der Waals surface area contributed by atoms with Crippen molar-refractivity contribution in [1.29, 1.82) is 5.26 Å². The molecule has 0 aliphatic carbocycles. The van der Waals surface area contributed by atoms with Crippen LogP contribution < -0.4 is 4.90 Å². The van der Waals surface area contributed by atoms with Crippen LogP contribution in [0.4, 0.5) is 5.88 Å². The molecule has 0 bridgehead atoms. The van der Waals surface area contributed by atoms with Crippen molar-refractivity contribution in [3.63, 3.8) is 0 Å². The van der Waals surface area contributed by atoms with Crippen LogP contribution in [0.5, 0.6) is 0 Å². The van der Waals surface area contributed by atoms with Crippen molar-refractivity contribution in [2.45, 2.75) is 19.3 Å². The second-order valence-corrected chi connectivity index (χ2v) is 7.18. The van der Waals surface area contributed by atoms with Gasteiger partial charge in [-0.25, -0.2) is 0 Å². The van der Waals surface area contributed by atoms with Gasteiger partial charge in [0, 0.05) is 19.2 Å². The lowest BCUT2D eigenvalue weighted by molar-refractivity contribution is 0.387. The molecule has 0 atom stereocenters. The van der Waals surface area contributed by atoms with Crippen molar-refractivity contribution in [3.8, 4) is 6.07 Å². The average molecular weight is 369 g/mol. The molecule has 28 heavy (non-hydrogen) atoms. The summed E-state index contributed by atoms with van der Waals surface area (Å²) in [7, 11) is 0. The lowest BCUT2D eigenvalue weighted by Gasteiger charge is -2.31. The summed E-state index contributed by atoms with van der Waals surface area (Å²) in [5, 5.41) is 9.47. The smallest absolute Gasteiger partial charge is 0.235 e. The van der Waals surface area contributed by atoms with Gasteiger partial charge in [0.2, 0.25) is 17.5 Å². The molecule has 0 saturated carbocycles. The Balaban J connectivity index is 1.41. The lowest BCUT2D eigenvalue weighted by atomic mass is 9.90. The number of rotatable bonds is 5. The van der Waals surface area contributed by atoms with Crippen LogP contribution >= 0.6 is 0 Å². The van der Waals surface area contributed by atoms with E-state index in [0.717, 1.165) is 37.9 Å². The Hall–Kier alpha value is -3.32. The zero-order valence-electron chi connectivity index (χ0n) is 15.8. The number of oxazole rings is 1. The first-order chi connectivity index (χ1) is 13.8. The molecule has 1 aliphatic rings. The minimum absolute atomic E-state index is 0.370. The van der Waals surface area contributed by atoms with Crippen molar-refractivity contribution in [3.05, 3.63) is 83.4 Å². The van der Waals surface area contributed by atoms with E-state index < -0.39 is 0 Å². The van der Waals surface area contributed by atoms with Gasteiger partial charge in [0.1, 0.15) is 6.07 Å². The first-order valence-electron chi connectivity index (χ1n) is 9.75. The van der Waals surface area contributed by atoms with E-state index in [1.165, 1.54) is 5.56 Å². The van der Waals surface area contributed by atoms with E-state index in [2.05, 4.69) is 46.3 Å². The summed E-state index contributed by atoms with van der Waals surface area (Å²) in [6.07, 6.45) is 7.07. The molecule has 2 heterocycles. The van der Waals surface area contributed by atoms with Crippen molar-refractivity contribution in [1.82, 2.24) is 4.98 Å². The Morgan fingerprint density at radius 1 is 1.00 bits per heavy atom. The molecular weight excluding hydrogens is 346 g/mol. The molecule has 4 heteroatoms. The highest BCUT2D eigenvalue weighted by Gasteiger charge is 2.25. The van der Waals surface area contributed by atoms with Gasteiger partial charge in [-0.2, -0.15) is 10.2 Å². The van der Waals surface area contributed by atoms with E-state index in [0.29, 0.717) is 23.4 Å². The van der Waals surface area contributed by atoms with Crippen molar-refractivity contribution in [2.75, 3.05) is 18.0 Å². The maximum absolute atomic E-state index is 9.47. The molecule has 3 aromatic rings. The molecule has 1 fully saturated rings. The maximum Gasteiger partial charge on any atom is 0.235 e. The number of nitriles is 1. The van der Waals surface area contributed by atoms with E-state index >= 15 is 0 Å². The average Bonchev–Trinajstić information content (AvgIpc) is 3.18. The predicted molar refractivity (Wildman–Crippen MR) is 112 cm³/mol. The summed E-state index contributed by atoms with van der Waals surface area (Å²) in [6.45, 7) is 1.78. The largest absolute Gasteiger partial charge is 0.420 e. The fraction of sp³-hybridized carbons (Fsp3) is 0.250. The summed E-state index contributed by atoms with van der Waals surface area (Å²) < 4.78 is 5.93. The van der Waals surface area contributed by atoms with Gasteiger partial charge in [0.15, 0.2) is 0 Å². The Labute approximate surface area is 165 Å². The lowest BCUT2D eigenvalue weighted by Crippen LogP contribution is -2.34. The van der Waals surface area contributed by atoms with Gasteiger partial charge >= 0.3 is 0 Å². The highest BCUT2D eigenvalue weighted by Crippen LogP contribution is 2.29. The number of piperidine rings is 1. The van der Waals surface area contributed by atoms with Crippen molar-refractivity contribution >= 4 is 18.0 Å². The number of anilines is 1. The molecule has 1 aromatic heterocycles. The summed E-state index contributed by atoms with van der Waals surface area (Å²) in [6, 6.07) is 22.8. The van der Waals surface area contributed by atoms with Crippen LogP contribution in [0, 0.1) is 17.2 Å². The molecule has 4 nitrogen and oxygen atoms in total. The number of aromatic nitrogens is 1. The molecule has 0 amide bonds. The third-order valence-electron chi connectivity index (χ3n) is 5.22. The summed E-state index contributed by atoms with van der Waals surface area (Å²) >= 11 is 0.